The van der Waals surface area contributed by atoms with E-state index in [1.54, 1.807) is 17.8 Å². The SMILES string of the molecule is CCOC(=O)c1nc(NCC(c2ccccc2)c2ccccc2)c2ncn([C@@H]3O[C@H](CO)[C@H]4OC(C)(C)O[C@H]43)c2n1. The van der Waals surface area contributed by atoms with Crippen molar-refractivity contribution < 1.29 is 28.8 Å². The summed E-state index contributed by atoms with van der Waals surface area (Å²) in [5, 5.41) is 13.4. The minimum Gasteiger partial charge on any atom is -0.460 e. The molecule has 11 heteroatoms. The lowest BCUT2D eigenvalue weighted by Crippen LogP contribution is -2.31. The minimum atomic E-state index is -0.844. The highest BCUT2D eigenvalue weighted by molar-refractivity contribution is 5.91. The number of esters is 1. The van der Waals surface area contributed by atoms with Gasteiger partial charge >= 0.3 is 5.97 Å². The molecule has 2 saturated heterocycles. The molecule has 11 nitrogen and oxygen atoms in total. The van der Waals surface area contributed by atoms with E-state index in [0.717, 1.165) is 11.1 Å². The minimum absolute atomic E-state index is 0.00560. The number of hydrogen-bond acceptors (Lipinski definition) is 10. The molecule has 0 unspecified atom stereocenters. The zero-order valence-electron chi connectivity index (χ0n) is 23.1. The molecule has 2 aliphatic heterocycles. The first kappa shape index (κ1) is 27.3. The molecule has 41 heavy (non-hydrogen) atoms. The fourth-order valence-corrected chi connectivity index (χ4v) is 5.54. The van der Waals surface area contributed by atoms with E-state index in [-0.39, 0.29) is 25.0 Å². The van der Waals surface area contributed by atoms with Crippen molar-refractivity contribution in [2.75, 3.05) is 25.1 Å². The zero-order valence-corrected chi connectivity index (χ0v) is 23.1. The number of carbonyl (C=O) groups is 1. The van der Waals surface area contributed by atoms with Gasteiger partial charge in [-0.1, -0.05) is 60.7 Å². The van der Waals surface area contributed by atoms with Gasteiger partial charge in [0.15, 0.2) is 29.0 Å². The third kappa shape index (κ3) is 5.29. The van der Waals surface area contributed by atoms with Crippen LogP contribution in [0.1, 0.15) is 54.7 Å². The fourth-order valence-electron chi connectivity index (χ4n) is 5.54. The highest BCUT2D eigenvalue weighted by Gasteiger charge is 2.56. The topological polar surface area (TPSA) is 130 Å². The molecule has 0 bridgehead atoms. The average molecular weight is 560 g/mol. The molecule has 0 aliphatic carbocycles. The van der Waals surface area contributed by atoms with E-state index >= 15 is 0 Å². The van der Waals surface area contributed by atoms with Gasteiger partial charge in [0, 0.05) is 12.5 Å². The number of rotatable bonds is 9. The number of nitrogens with zero attached hydrogens (tertiary/aromatic N) is 4. The van der Waals surface area contributed by atoms with Crippen LogP contribution in [0, 0.1) is 0 Å². The van der Waals surface area contributed by atoms with E-state index in [1.807, 2.05) is 50.2 Å². The van der Waals surface area contributed by atoms with Gasteiger partial charge in [-0.2, -0.15) is 0 Å². The molecule has 6 rings (SSSR count). The number of fused-ring (bicyclic) bond motifs is 2. The fraction of sp³-hybridized carbons (Fsp3) is 0.400. The molecule has 4 aromatic rings. The van der Waals surface area contributed by atoms with E-state index in [1.165, 1.54) is 0 Å². The summed E-state index contributed by atoms with van der Waals surface area (Å²) in [5.74, 6) is -1.19. The second kappa shape index (κ2) is 11.2. The van der Waals surface area contributed by atoms with Crippen LogP contribution in [0.15, 0.2) is 67.0 Å². The van der Waals surface area contributed by atoms with Gasteiger partial charge in [0.25, 0.3) is 0 Å². The number of nitrogens with one attached hydrogen (secondary N) is 1. The summed E-state index contributed by atoms with van der Waals surface area (Å²) in [6, 6.07) is 20.4. The summed E-state index contributed by atoms with van der Waals surface area (Å²) < 4.78 is 25.3. The molecule has 0 saturated carbocycles. The Labute approximate surface area is 237 Å². The van der Waals surface area contributed by atoms with Crippen LogP contribution >= 0.6 is 0 Å². The Morgan fingerprint density at radius 2 is 1.71 bits per heavy atom. The molecule has 2 aromatic carbocycles. The van der Waals surface area contributed by atoms with Crippen molar-refractivity contribution in [1.82, 2.24) is 19.5 Å². The van der Waals surface area contributed by atoms with Crippen molar-refractivity contribution in [2.24, 2.45) is 0 Å². The van der Waals surface area contributed by atoms with Crippen molar-refractivity contribution in [2.45, 2.75) is 57.0 Å². The predicted octanol–water partition coefficient (Wildman–Crippen LogP) is 3.66. The number of ether oxygens (including phenoxy) is 4. The second-order valence-electron chi connectivity index (χ2n) is 10.5. The predicted molar refractivity (Wildman–Crippen MR) is 149 cm³/mol. The van der Waals surface area contributed by atoms with Gasteiger partial charge < -0.3 is 29.4 Å². The Bertz CT molecular complexity index is 1470. The molecule has 2 aromatic heterocycles. The molecule has 4 atom stereocenters. The standard InChI is InChI=1S/C30H33N5O6/c1-4-38-29(37)26-33-25(31-15-20(18-11-7-5-8-12-18)19-13-9-6-10-14-19)22-27(34-26)35(17-32-22)28-24-23(21(16-36)39-28)40-30(2,3)41-24/h5-14,17,20-21,23-24,28,36H,4,15-16H2,1-3H3,(H,31,33,34)/t21-,23-,24-,28-/m1/s1. The van der Waals surface area contributed by atoms with Crippen molar-refractivity contribution in [3.05, 3.63) is 83.9 Å². The lowest BCUT2D eigenvalue weighted by molar-refractivity contribution is -0.199. The van der Waals surface area contributed by atoms with Gasteiger partial charge in [0.1, 0.15) is 18.3 Å². The van der Waals surface area contributed by atoms with Crippen LogP contribution in [0.25, 0.3) is 11.2 Å². The summed E-state index contributed by atoms with van der Waals surface area (Å²) >= 11 is 0. The number of aliphatic hydroxyl groups is 1. The molecular weight excluding hydrogens is 526 g/mol. The summed E-state index contributed by atoms with van der Waals surface area (Å²) in [5.41, 5.74) is 3.10. The van der Waals surface area contributed by atoms with E-state index in [2.05, 4.69) is 44.5 Å². The Morgan fingerprint density at radius 1 is 1.05 bits per heavy atom. The summed E-state index contributed by atoms with van der Waals surface area (Å²) in [6.45, 7) is 5.80. The Morgan fingerprint density at radius 3 is 2.34 bits per heavy atom. The first-order chi connectivity index (χ1) is 19.9. The van der Waals surface area contributed by atoms with E-state index in [4.69, 9.17) is 18.9 Å². The largest absolute Gasteiger partial charge is 0.460 e. The normalized spacial score (nSPS) is 23.1. The number of carbonyl (C=O) groups excluding carboxylic acids is 1. The molecule has 0 spiro atoms. The number of imidazole rings is 1. The van der Waals surface area contributed by atoms with Crippen molar-refractivity contribution >= 4 is 23.0 Å². The lowest BCUT2D eigenvalue weighted by Gasteiger charge is -2.24. The molecule has 2 fully saturated rings. The maximum atomic E-state index is 12.8. The van der Waals surface area contributed by atoms with Gasteiger partial charge in [0.05, 0.1) is 19.5 Å². The van der Waals surface area contributed by atoms with Crippen LogP contribution in [-0.4, -0.2) is 74.5 Å². The highest BCUT2D eigenvalue weighted by Crippen LogP contribution is 2.43. The summed E-state index contributed by atoms with van der Waals surface area (Å²) in [7, 11) is 0. The number of hydrogen-bond donors (Lipinski definition) is 2. The Hall–Kier alpha value is -3.90. The Kier molecular flexibility index (Phi) is 7.43. The van der Waals surface area contributed by atoms with Crippen LogP contribution in [0.3, 0.4) is 0 Å². The molecule has 0 amide bonds. The number of benzene rings is 2. The molecule has 4 heterocycles. The first-order valence-electron chi connectivity index (χ1n) is 13.8. The van der Waals surface area contributed by atoms with Crippen molar-refractivity contribution in [3.8, 4) is 0 Å². The third-order valence-corrected chi connectivity index (χ3v) is 7.34. The highest BCUT2D eigenvalue weighted by atomic mass is 16.8. The monoisotopic (exact) mass is 559 g/mol. The van der Waals surface area contributed by atoms with Crippen molar-refractivity contribution in [3.63, 3.8) is 0 Å². The summed E-state index contributed by atoms with van der Waals surface area (Å²) in [6.07, 6.45) is -0.688. The average Bonchev–Trinajstić information content (AvgIpc) is 3.64. The number of anilines is 1. The van der Waals surface area contributed by atoms with Crippen LogP contribution < -0.4 is 5.32 Å². The van der Waals surface area contributed by atoms with Crippen LogP contribution in [0.2, 0.25) is 0 Å². The van der Waals surface area contributed by atoms with Gasteiger partial charge in [-0.05, 0) is 31.9 Å². The van der Waals surface area contributed by atoms with Gasteiger partial charge in [-0.15, -0.1) is 0 Å². The van der Waals surface area contributed by atoms with E-state index in [9.17, 15) is 9.90 Å². The third-order valence-electron chi connectivity index (χ3n) is 7.34. The molecule has 2 N–H and O–H groups in total. The van der Waals surface area contributed by atoms with Crippen LogP contribution in [-0.2, 0) is 18.9 Å². The van der Waals surface area contributed by atoms with E-state index in [0.29, 0.717) is 23.5 Å². The van der Waals surface area contributed by atoms with Gasteiger partial charge in [-0.25, -0.2) is 19.7 Å². The molecule has 0 radical (unpaired) electrons. The van der Waals surface area contributed by atoms with Gasteiger partial charge in [-0.3, -0.25) is 4.57 Å². The van der Waals surface area contributed by atoms with Gasteiger partial charge in [0.2, 0.25) is 5.82 Å². The van der Waals surface area contributed by atoms with Crippen LogP contribution in [0.4, 0.5) is 5.82 Å². The molecule has 2 aliphatic rings. The van der Waals surface area contributed by atoms with E-state index < -0.39 is 36.3 Å². The number of aromatic nitrogens is 4. The molecule has 214 valence electrons. The quantitative estimate of drug-likeness (QED) is 0.293. The zero-order chi connectivity index (χ0) is 28.6. The smallest absolute Gasteiger partial charge is 0.376 e. The maximum absolute atomic E-state index is 12.8. The van der Waals surface area contributed by atoms with Crippen molar-refractivity contribution in [1.29, 1.82) is 0 Å². The lowest BCUT2D eigenvalue weighted by atomic mass is 9.91. The molecular formula is C30H33N5O6. The first-order valence-corrected chi connectivity index (χ1v) is 13.8. The Balaban J connectivity index is 1.38. The maximum Gasteiger partial charge on any atom is 0.376 e. The second-order valence-corrected chi connectivity index (χ2v) is 10.5. The van der Waals surface area contributed by atoms with Crippen LogP contribution in [0.5, 0.6) is 0 Å². The summed E-state index contributed by atoms with van der Waals surface area (Å²) in [4.78, 5) is 26.5. The number of aliphatic hydroxyl groups excluding tert-OH is 1.